The van der Waals surface area contributed by atoms with Crippen molar-refractivity contribution in [2.45, 2.75) is 36.6 Å². The molecule has 1 fully saturated rings. The minimum Gasteiger partial charge on any atom is -0.480 e. The van der Waals surface area contributed by atoms with E-state index >= 15 is 0 Å². The number of carboxylic acid groups (broad SMARTS) is 1. The fraction of sp³-hybridized carbons (Fsp3) is 0.412. The molecule has 8 heteroatoms. The van der Waals surface area contributed by atoms with Crippen LogP contribution in [0.3, 0.4) is 0 Å². The molecule has 2 aromatic rings. The summed E-state index contributed by atoms with van der Waals surface area (Å²) in [5.74, 6) is 0.151. The SMILES string of the molecule is CC(Sc1nc(Nc2ccccc2)nc(N2CCCCC2)n1)C(=O)O. The van der Waals surface area contributed by atoms with Crippen LogP contribution in [-0.4, -0.2) is 44.4 Å². The van der Waals surface area contributed by atoms with Crippen molar-refractivity contribution in [1.82, 2.24) is 15.0 Å². The molecule has 1 aromatic carbocycles. The Balaban J connectivity index is 1.88. The van der Waals surface area contributed by atoms with Crippen molar-refractivity contribution in [2.75, 3.05) is 23.3 Å². The summed E-state index contributed by atoms with van der Waals surface area (Å²) in [6.45, 7) is 3.45. The van der Waals surface area contributed by atoms with E-state index in [2.05, 4.69) is 25.2 Å². The lowest BCUT2D eigenvalue weighted by molar-refractivity contribution is -0.136. The zero-order valence-electron chi connectivity index (χ0n) is 14.1. The van der Waals surface area contributed by atoms with Gasteiger partial charge in [0.05, 0.1) is 0 Å². The van der Waals surface area contributed by atoms with Crippen molar-refractivity contribution in [3.05, 3.63) is 30.3 Å². The van der Waals surface area contributed by atoms with E-state index in [1.54, 1.807) is 6.92 Å². The van der Waals surface area contributed by atoms with Gasteiger partial charge in [-0.15, -0.1) is 0 Å². The summed E-state index contributed by atoms with van der Waals surface area (Å²) < 4.78 is 0. The third-order valence-electron chi connectivity index (χ3n) is 3.90. The first-order valence-electron chi connectivity index (χ1n) is 8.34. The summed E-state index contributed by atoms with van der Waals surface area (Å²) in [6.07, 6.45) is 3.44. The van der Waals surface area contributed by atoms with Gasteiger partial charge in [0, 0.05) is 18.8 Å². The third-order valence-corrected chi connectivity index (χ3v) is 4.85. The lowest BCUT2D eigenvalue weighted by Gasteiger charge is -2.27. The van der Waals surface area contributed by atoms with Gasteiger partial charge >= 0.3 is 5.97 Å². The number of anilines is 3. The first-order valence-corrected chi connectivity index (χ1v) is 9.22. The van der Waals surface area contributed by atoms with Gasteiger partial charge in [-0.25, -0.2) is 0 Å². The van der Waals surface area contributed by atoms with Crippen LogP contribution in [0.2, 0.25) is 0 Å². The molecule has 0 saturated carbocycles. The minimum atomic E-state index is -0.887. The van der Waals surface area contributed by atoms with Crippen molar-refractivity contribution in [2.24, 2.45) is 0 Å². The fourth-order valence-corrected chi connectivity index (χ4v) is 3.24. The molecule has 1 atom stereocenters. The summed E-state index contributed by atoms with van der Waals surface area (Å²) in [7, 11) is 0. The average Bonchev–Trinajstić information content (AvgIpc) is 2.63. The molecule has 0 spiro atoms. The average molecular weight is 359 g/mol. The molecule has 1 aromatic heterocycles. The number of piperidine rings is 1. The van der Waals surface area contributed by atoms with Gasteiger partial charge in [0.15, 0.2) is 5.16 Å². The molecule has 2 N–H and O–H groups in total. The predicted molar refractivity (Wildman–Crippen MR) is 98.6 cm³/mol. The predicted octanol–water partition coefficient (Wildman–Crippen LogP) is 3.17. The summed E-state index contributed by atoms with van der Waals surface area (Å²) >= 11 is 1.13. The van der Waals surface area contributed by atoms with Crippen LogP contribution in [0.15, 0.2) is 35.5 Å². The van der Waals surface area contributed by atoms with Crippen molar-refractivity contribution >= 4 is 35.3 Å². The van der Waals surface area contributed by atoms with E-state index in [1.165, 1.54) is 6.42 Å². The second-order valence-corrected chi connectivity index (χ2v) is 7.19. The van der Waals surface area contributed by atoms with Crippen LogP contribution in [-0.2, 0) is 4.79 Å². The van der Waals surface area contributed by atoms with Gasteiger partial charge in [-0.2, -0.15) is 15.0 Å². The number of aromatic nitrogens is 3. The van der Waals surface area contributed by atoms with Crippen molar-refractivity contribution in [1.29, 1.82) is 0 Å². The Hall–Kier alpha value is -2.35. The first-order chi connectivity index (χ1) is 12.1. The van der Waals surface area contributed by atoms with E-state index < -0.39 is 11.2 Å². The van der Waals surface area contributed by atoms with E-state index in [9.17, 15) is 4.79 Å². The molecule has 0 aliphatic carbocycles. The van der Waals surface area contributed by atoms with Gasteiger partial charge < -0.3 is 15.3 Å². The van der Waals surface area contributed by atoms with Gasteiger partial charge in [0.25, 0.3) is 0 Å². The maximum Gasteiger partial charge on any atom is 0.316 e. The lowest BCUT2D eigenvalue weighted by Crippen LogP contribution is -2.31. The maximum absolute atomic E-state index is 11.1. The number of carbonyl (C=O) groups is 1. The van der Waals surface area contributed by atoms with E-state index in [0.717, 1.165) is 43.4 Å². The molecule has 7 nitrogen and oxygen atoms in total. The topological polar surface area (TPSA) is 91.2 Å². The maximum atomic E-state index is 11.1. The molecular formula is C17H21N5O2S. The summed E-state index contributed by atoms with van der Waals surface area (Å²) in [6, 6.07) is 9.65. The number of hydrogen-bond donors (Lipinski definition) is 2. The van der Waals surface area contributed by atoms with Crippen molar-refractivity contribution in [3.8, 4) is 0 Å². The van der Waals surface area contributed by atoms with Crippen LogP contribution in [0.1, 0.15) is 26.2 Å². The molecular weight excluding hydrogens is 338 g/mol. The molecule has 1 unspecified atom stereocenters. The number of para-hydroxylation sites is 1. The van der Waals surface area contributed by atoms with Gasteiger partial charge in [0.1, 0.15) is 5.25 Å². The van der Waals surface area contributed by atoms with Crippen LogP contribution in [0.25, 0.3) is 0 Å². The summed E-state index contributed by atoms with van der Waals surface area (Å²) in [5, 5.41) is 12.1. The number of aliphatic carboxylic acids is 1. The quantitative estimate of drug-likeness (QED) is 0.760. The molecule has 3 rings (SSSR count). The highest BCUT2D eigenvalue weighted by Crippen LogP contribution is 2.25. The Kier molecular flexibility index (Phi) is 5.70. The molecule has 25 heavy (non-hydrogen) atoms. The van der Waals surface area contributed by atoms with Crippen molar-refractivity contribution in [3.63, 3.8) is 0 Å². The van der Waals surface area contributed by atoms with Crippen LogP contribution < -0.4 is 10.2 Å². The number of hydrogen-bond acceptors (Lipinski definition) is 7. The first kappa shape index (κ1) is 17.5. The van der Waals surface area contributed by atoms with Gasteiger partial charge in [-0.05, 0) is 38.3 Å². The molecule has 1 saturated heterocycles. The standard InChI is InChI=1S/C17H21N5O2S/c1-12(14(23)24)25-17-20-15(18-13-8-4-2-5-9-13)19-16(21-17)22-10-6-3-7-11-22/h2,4-5,8-9,12H,3,6-7,10-11H2,1H3,(H,23,24)(H,18,19,20,21). The Morgan fingerprint density at radius 3 is 2.56 bits per heavy atom. The largest absolute Gasteiger partial charge is 0.480 e. The molecule has 1 aliphatic heterocycles. The van der Waals surface area contributed by atoms with Gasteiger partial charge in [-0.3, -0.25) is 4.79 Å². The Morgan fingerprint density at radius 2 is 1.88 bits per heavy atom. The normalized spacial score (nSPS) is 15.6. The molecule has 0 amide bonds. The number of nitrogens with one attached hydrogen (secondary N) is 1. The molecule has 2 heterocycles. The summed E-state index contributed by atoms with van der Waals surface area (Å²) in [4.78, 5) is 26.7. The second-order valence-electron chi connectivity index (χ2n) is 5.88. The number of benzene rings is 1. The van der Waals surface area contributed by atoms with Gasteiger partial charge in [0.2, 0.25) is 11.9 Å². The zero-order chi connectivity index (χ0) is 17.6. The zero-order valence-corrected chi connectivity index (χ0v) is 14.9. The highest BCUT2D eigenvalue weighted by Gasteiger charge is 2.20. The number of thioether (sulfide) groups is 1. The van der Waals surface area contributed by atoms with Crippen LogP contribution >= 0.6 is 11.8 Å². The third kappa shape index (κ3) is 4.82. The second kappa shape index (κ2) is 8.15. The van der Waals surface area contributed by atoms with Crippen LogP contribution in [0, 0.1) is 0 Å². The molecule has 1 aliphatic rings. The van der Waals surface area contributed by atoms with Crippen LogP contribution in [0.4, 0.5) is 17.6 Å². The number of carboxylic acids is 1. The molecule has 0 radical (unpaired) electrons. The van der Waals surface area contributed by atoms with Gasteiger partial charge in [-0.1, -0.05) is 30.0 Å². The lowest BCUT2D eigenvalue weighted by atomic mass is 10.1. The Morgan fingerprint density at radius 1 is 1.16 bits per heavy atom. The molecule has 0 bridgehead atoms. The smallest absolute Gasteiger partial charge is 0.316 e. The van der Waals surface area contributed by atoms with Crippen molar-refractivity contribution < 1.29 is 9.90 Å². The highest BCUT2D eigenvalue weighted by molar-refractivity contribution is 8.00. The summed E-state index contributed by atoms with van der Waals surface area (Å²) in [5.41, 5.74) is 0.875. The highest BCUT2D eigenvalue weighted by atomic mass is 32.2. The molecule has 132 valence electrons. The number of rotatable bonds is 6. The fourth-order valence-electron chi connectivity index (χ4n) is 2.55. The number of nitrogens with zero attached hydrogens (tertiary/aromatic N) is 4. The van der Waals surface area contributed by atoms with E-state index in [0.29, 0.717) is 17.1 Å². The Bertz CT molecular complexity index is 722. The Labute approximate surface area is 150 Å². The van der Waals surface area contributed by atoms with E-state index in [1.807, 2.05) is 30.3 Å². The van der Waals surface area contributed by atoms with E-state index in [4.69, 9.17) is 5.11 Å². The minimum absolute atomic E-state index is 0.420. The van der Waals surface area contributed by atoms with E-state index in [-0.39, 0.29) is 0 Å². The van der Waals surface area contributed by atoms with Crippen LogP contribution in [0.5, 0.6) is 0 Å². The monoisotopic (exact) mass is 359 g/mol.